The summed E-state index contributed by atoms with van der Waals surface area (Å²) in [5.74, 6) is -1.08. The highest BCUT2D eigenvalue weighted by molar-refractivity contribution is 6.31. The number of hydrogen-bond acceptors (Lipinski definition) is 4. The average molecular weight is 581 g/mol. The normalized spacial score (nSPS) is 19.1. The Balaban J connectivity index is 1.06. The summed E-state index contributed by atoms with van der Waals surface area (Å²) < 4.78 is 16.1. The van der Waals surface area contributed by atoms with Crippen LogP contribution in [0.5, 0.6) is 0 Å². The molecule has 2 heterocycles. The molecule has 40 heavy (non-hydrogen) atoms. The predicted molar refractivity (Wildman–Crippen MR) is 154 cm³/mol. The third-order valence-electron chi connectivity index (χ3n) is 7.88. The molecule has 2 aliphatic carbocycles. The predicted octanol–water partition coefficient (Wildman–Crippen LogP) is 6.05. The second kappa shape index (κ2) is 10.8. The number of pyridine rings is 2. The molecule has 10 heteroatoms. The Labute approximate surface area is 239 Å². The summed E-state index contributed by atoms with van der Waals surface area (Å²) in [6, 6.07) is 11.5. The zero-order valence-electron chi connectivity index (χ0n) is 21.6. The Morgan fingerprint density at radius 1 is 0.975 bits per heavy atom. The molecule has 2 aromatic carbocycles. The van der Waals surface area contributed by atoms with Crippen molar-refractivity contribution in [1.29, 1.82) is 0 Å². The fraction of sp³-hybridized carbons (Fsp3) is 0.333. The van der Waals surface area contributed by atoms with Crippen molar-refractivity contribution in [3.63, 3.8) is 0 Å². The molecular weight excluding hydrogens is 554 g/mol. The van der Waals surface area contributed by atoms with Gasteiger partial charge in [0.2, 0.25) is 5.43 Å². The zero-order valence-corrected chi connectivity index (χ0v) is 23.1. The molecule has 0 saturated heterocycles. The number of benzene rings is 2. The van der Waals surface area contributed by atoms with Crippen LogP contribution in [0, 0.1) is 11.7 Å². The number of aromatic nitrogens is 2. The summed E-state index contributed by atoms with van der Waals surface area (Å²) in [6.45, 7) is 0.519. The maximum atomic E-state index is 14.2. The lowest BCUT2D eigenvalue weighted by Gasteiger charge is -2.29. The maximum Gasteiger partial charge on any atom is 0.269 e. The van der Waals surface area contributed by atoms with Crippen LogP contribution in [0.3, 0.4) is 0 Å². The molecule has 6 rings (SSSR count). The van der Waals surface area contributed by atoms with Gasteiger partial charge < -0.3 is 15.2 Å². The van der Waals surface area contributed by atoms with Crippen LogP contribution in [0.25, 0.3) is 21.8 Å². The molecule has 2 saturated carbocycles. The molecule has 4 aromatic rings. The van der Waals surface area contributed by atoms with E-state index in [1.165, 1.54) is 6.07 Å². The second-order valence-electron chi connectivity index (χ2n) is 10.7. The van der Waals surface area contributed by atoms with E-state index in [2.05, 4.69) is 15.6 Å². The van der Waals surface area contributed by atoms with E-state index >= 15 is 0 Å². The Hall–Kier alpha value is -3.49. The lowest BCUT2D eigenvalue weighted by Crippen LogP contribution is -2.41. The van der Waals surface area contributed by atoms with Gasteiger partial charge in [0.05, 0.1) is 16.1 Å². The Bertz CT molecular complexity index is 1710. The quantitative estimate of drug-likeness (QED) is 0.290. The summed E-state index contributed by atoms with van der Waals surface area (Å²) in [5.41, 5.74) is 1.12. The number of amides is 2. The van der Waals surface area contributed by atoms with Crippen molar-refractivity contribution >= 4 is 56.8 Å². The van der Waals surface area contributed by atoms with Crippen LogP contribution in [0.15, 0.2) is 53.5 Å². The van der Waals surface area contributed by atoms with Crippen molar-refractivity contribution in [1.82, 2.24) is 20.2 Å². The standard InChI is InChI=1S/C30H27Cl2FN4O3/c31-18-4-10-25-17(11-18)3-9-26(36-25)30(40)34-14-16-1-5-19(6-2-16)35-29(39)22-15-37(20-7-8-20)27-13-23(32)24(33)12-21(27)28(22)38/h3-4,9-13,15-16,19-20H,1-2,5-8,14H2,(H,34,40)(H,35,39). The van der Waals surface area contributed by atoms with E-state index in [-0.39, 0.29) is 39.9 Å². The van der Waals surface area contributed by atoms with Crippen molar-refractivity contribution in [3.05, 3.63) is 86.0 Å². The molecule has 7 nitrogen and oxygen atoms in total. The maximum absolute atomic E-state index is 14.2. The van der Waals surface area contributed by atoms with E-state index in [9.17, 15) is 18.8 Å². The number of fused-ring (bicyclic) bond motifs is 2. The molecular formula is C30H27Cl2FN4O3. The van der Waals surface area contributed by atoms with Gasteiger partial charge in [-0.1, -0.05) is 29.3 Å². The first-order chi connectivity index (χ1) is 19.3. The molecule has 0 atom stereocenters. The number of nitrogens with zero attached hydrogens (tertiary/aromatic N) is 2. The third-order valence-corrected chi connectivity index (χ3v) is 8.40. The summed E-state index contributed by atoms with van der Waals surface area (Å²) in [6.07, 6.45) is 6.56. The number of carbonyl (C=O) groups is 2. The summed E-state index contributed by atoms with van der Waals surface area (Å²) in [7, 11) is 0. The second-order valence-corrected chi connectivity index (χ2v) is 11.6. The lowest BCUT2D eigenvalue weighted by atomic mass is 9.86. The molecule has 2 aromatic heterocycles. The number of nitrogens with one attached hydrogen (secondary N) is 2. The van der Waals surface area contributed by atoms with Crippen LogP contribution in [0.2, 0.25) is 10.0 Å². The lowest BCUT2D eigenvalue weighted by molar-refractivity contribution is 0.0917. The first-order valence-electron chi connectivity index (χ1n) is 13.5. The van der Waals surface area contributed by atoms with E-state index in [4.69, 9.17) is 23.2 Å². The van der Waals surface area contributed by atoms with Crippen molar-refractivity contribution in [2.75, 3.05) is 6.54 Å². The Morgan fingerprint density at radius 3 is 2.50 bits per heavy atom. The minimum atomic E-state index is -0.683. The third kappa shape index (κ3) is 5.43. The van der Waals surface area contributed by atoms with Gasteiger partial charge in [-0.25, -0.2) is 9.37 Å². The molecule has 0 unspecified atom stereocenters. The van der Waals surface area contributed by atoms with Crippen LogP contribution in [0.1, 0.15) is 65.4 Å². The van der Waals surface area contributed by atoms with E-state index in [0.29, 0.717) is 28.3 Å². The first-order valence-corrected chi connectivity index (χ1v) is 14.2. The van der Waals surface area contributed by atoms with Crippen LogP contribution >= 0.6 is 23.2 Å². The monoisotopic (exact) mass is 580 g/mol. The van der Waals surface area contributed by atoms with Gasteiger partial charge in [0.25, 0.3) is 11.8 Å². The molecule has 0 aliphatic heterocycles. The average Bonchev–Trinajstić information content (AvgIpc) is 3.79. The van der Waals surface area contributed by atoms with Crippen LogP contribution in [-0.4, -0.2) is 34.0 Å². The molecule has 2 aliphatic rings. The molecule has 2 N–H and O–H groups in total. The smallest absolute Gasteiger partial charge is 0.269 e. The fourth-order valence-electron chi connectivity index (χ4n) is 5.49. The van der Waals surface area contributed by atoms with E-state index in [0.717, 1.165) is 50.0 Å². The van der Waals surface area contributed by atoms with Crippen LogP contribution in [-0.2, 0) is 0 Å². The highest BCUT2D eigenvalue weighted by Crippen LogP contribution is 2.37. The Morgan fingerprint density at radius 2 is 1.75 bits per heavy atom. The van der Waals surface area contributed by atoms with Crippen molar-refractivity contribution < 1.29 is 14.0 Å². The molecule has 0 bridgehead atoms. The van der Waals surface area contributed by atoms with E-state index in [1.54, 1.807) is 30.5 Å². The van der Waals surface area contributed by atoms with Gasteiger partial charge in [0, 0.05) is 40.6 Å². The van der Waals surface area contributed by atoms with Crippen molar-refractivity contribution in [2.45, 2.75) is 50.6 Å². The van der Waals surface area contributed by atoms with Gasteiger partial charge in [-0.15, -0.1) is 0 Å². The highest BCUT2D eigenvalue weighted by atomic mass is 35.5. The molecule has 0 spiro atoms. The summed E-state index contributed by atoms with van der Waals surface area (Å²) in [5, 5.41) is 7.59. The van der Waals surface area contributed by atoms with Crippen molar-refractivity contribution in [3.8, 4) is 0 Å². The largest absolute Gasteiger partial charge is 0.350 e. The summed E-state index contributed by atoms with van der Waals surface area (Å²) in [4.78, 5) is 43.4. The molecule has 2 fully saturated rings. The van der Waals surface area contributed by atoms with Gasteiger partial charge in [-0.2, -0.15) is 0 Å². The van der Waals surface area contributed by atoms with E-state index < -0.39 is 17.2 Å². The van der Waals surface area contributed by atoms with Crippen LogP contribution in [0.4, 0.5) is 4.39 Å². The molecule has 206 valence electrons. The fourth-order valence-corrected chi connectivity index (χ4v) is 5.82. The molecule has 0 radical (unpaired) electrons. The number of rotatable bonds is 6. The van der Waals surface area contributed by atoms with Gasteiger partial charge in [0.1, 0.15) is 17.1 Å². The first kappa shape index (κ1) is 26.7. The number of halogens is 3. The van der Waals surface area contributed by atoms with Gasteiger partial charge in [-0.3, -0.25) is 14.4 Å². The number of carbonyl (C=O) groups excluding carboxylic acids is 2. The minimum Gasteiger partial charge on any atom is -0.350 e. The van der Waals surface area contributed by atoms with Gasteiger partial charge >= 0.3 is 0 Å². The molecule has 2 amide bonds. The van der Waals surface area contributed by atoms with Gasteiger partial charge in [0.15, 0.2) is 0 Å². The minimum absolute atomic E-state index is 0.0145. The van der Waals surface area contributed by atoms with E-state index in [1.807, 2.05) is 10.6 Å². The number of hydrogen-bond donors (Lipinski definition) is 2. The van der Waals surface area contributed by atoms with Crippen LogP contribution < -0.4 is 16.1 Å². The topological polar surface area (TPSA) is 93.1 Å². The zero-order chi connectivity index (χ0) is 28.0. The summed E-state index contributed by atoms with van der Waals surface area (Å²) >= 11 is 12.0. The Kier molecular flexibility index (Phi) is 7.23. The van der Waals surface area contributed by atoms with Gasteiger partial charge in [-0.05, 0) is 80.8 Å². The SMILES string of the molecule is O=C(NCC1CCC(NC(=O)c2cn(C3CC3)c3cc(Cl)c(F)cc3c2=O)CC1)c1ccc2cc(Cl)ccc2n1. The van der Waals surface area contributed by atoms with Crippen molar-refractivity contribution in [2.24, 2.45) is 5.92 Å². The highest BCUT2D eigenvalue weighted by Gasteiger charge is 2.29.